The van der Waals surface area contributed by atoms with E-state index in [1.54, 1.807) is 14.2 Å². The Morgan fingerprint density at radius 1 is 0.762 bits per heavy atom. The standard InChI is InChI=1S/C17H36O2Si2/c1-17(2,13-11-15(18-3)20(5,6)7)14-12-16(19-4)21(8,9)10/h11-12H,13-14H2,1-10H3/b15-11-,16-12-. The van der Waals surface area contributed by atoms with E-state index in [1.165, 1.54) is 10.8 Å². The van der Waals surface area contributed by atoms with Crippen molar-refractivity contribution < 1.29 is 9.47 Å². The summed E-state index contributed by atoms with van der Waals surface area (Å²) in [7, 11) is 0.869. The Bertz CT molecular complexity index is 347. The second-order valence-electron chi connectivity index (χ2n) is 8.62. The number of rotatable bonds is 8. The van der Waals surface area contributed by atoms with Crippen molar-refractivity contribution >= 4 is 16.1 Å². The van der Waals surface area contributed by atoms with Crippen molar-refractivity contribution in [3.05, 3.63) is 22.9 Å². The summed E-state index contributed by atoms with van der Waals surface area (Å²) >= 11 is 0. The van der Waals surface area contributed by atoms with Crippen LogP contribution in [0.3, 0.4) is 0 Å². The van der Waals surface area contributed by atoms with E-state index in [0.717, 1.165) is 12.8 Å². The molecule has 124 valence electrons. The van der Waals surface area contributed by atoms with Crippen molar-refractivity contribution in [3.63, 3.8) is 0 Å². The molecule has 0 aromatic carbocycles. The largest absolute Gasteiger partial charge is 0.507 e. The van der Waals surface area contributed by atoms with Crippen LogP contribution in [-0.2, 0) is 9.47 Å². The summed E-state index contributed by atoms with van der Waals surface area (Å²) < 4.78 is 11.2. The molecular weight excluding hydrogens is 292 g/mol. The quantitative estimate of drug-likeness (QED) is 0.426. The van der Waals surface area contributed by atoms with E-state index in [4.69, 9.17) is 9.47 Å². The van der Waals surface area contributed by atoms with Gasteiger partial charge in [0.2, 0.25) is 0 Å². The molecule has 21 heavy (non-hydrogen) atoms. The third-order valence-electron chi connectivity index (χ3n) is 3.60. The van der Waals surface area contributed by atoms with Crippen LogP contribution in [-0.4, -0.2) is 30.4 Å². The minimum atomic E-state index is -1.36. The van der Waals surface area contributed by atoms with Crippen LogP contribution in [0.15, 0.2) is 22.9 Å². The first-order chi connectivity index (χ1) is 9.33. The van der Waals surface area contributed by atoms with E-state index in [1.807, 2.05) is 0 Å². The van der Waals surface area contributed by atoms with Gasteiger partial charge < -0.3 is 9.47 Å². The first-order valence-electron chi connectivity index (χ1n) is 7.83. The number of methoxy groups -OCH3 is 2. The fraction of sp³-hybridized carbons (Fsp3) is 0.765. The highest BCUT2D eigenvalue weighted by atomic mass is 28.3. The summed E-state index contributed by atoms with van der Waals surface area (Å²) in [5, 5.41) is 2.41. The number of ether oxygens (including phenoxy) is 2. The summed E-state index contributed by atoms with van der Waals surface area (Å²) in [6, 6.07) is 0. The van der Waals surface area contributed by atoms with Gasteiger partial charge in [-0.3, -0.25) is 0 Å². The molecule has 0 aromatic rings. The van der Waals surface area contributed by atoms with Gasteiger partial charge in [-0.25, -0.2) is 0 Å². The van der Waals surface area contributed by atoms with Crippen LogP contribution in [0, 0.1) is 5.41 Å². The lowest BCUT2D eigenvalue weighted by Crippen LogP contribution is -2.26. The number of allylic oxidation sites excluding steroid dienone is 2. The van der Waals surface area contributed by atoms with Crippen LogP contribution < -0.4 is 0 Å². The first kappa shape index (κ1) is 20.5. The highest BCUT2D eigenvalue weighted by molar-refractivity contribution is 6.82. The summed E-state index contributed by atoms with van der Waals surface area (Å²) in [5.74, 6) is 0. The minimum Gasteiger partial charge on any atom is -0.507 e. The van der Waals surface area contributed by atoms with Gasteiger partial charge in [-0.05, 0) is 18.3 Å². The minimum absolute atomic E-state index is 0.229. The summed E-state index contributed by atoms with van der Waals surface area (Å²) in [4.78, 5) is 0. The van der Waals surface area contributed by atoms with Gasteiger partial charge in [0.25, 0.3) is 0 Å². The Morgan fingerprint density at radius 2 is 1.05 bits per heavy atom. The summed E-state index contributed by atoms with van der Waals surface area (Å²) in [5.41, 5.74) is 0.229. The van der Waals surface area contributed by atoms with Gasteiger partial charge in [-0.1, -0.05) is 65.3 Å². The van der Waals surface area contributed by atoms with Crippen molar-refractivity contribution in [1.82, 2.24) is 0 Å². The second-order valence-corrected chi connectivity index (χ2v) is 18.6. The maximum Gasteiger partial charge on any atom is 0.122 e. The molecule has 0 aliphatic rings. The smallest absolute Gasteiger partial charge is 0.122 e. The molecule has 0 amide bonds. The van der Waals surface area contributed by atoms with Crippen molar-refractivity contribution in [2.24, 2.45) is 5.41 Å². The van der Waals surface area contributed by atoms with E-state index in [2.05, 4.69) is 65.3 Å². The van der Waals surface area contributed by atoms with E-state index in [-0.39, 0.29) is 5.41 Å². The Labute approximate surface area is 134 Å². The number of hydrogen-bond acceptors (Lipinski definition) is 2. The molecular formula is C17H36O2Si2. The highest BCUT2D eigenvalue weighted by Crippen LogP contribution is 2.30. The molecule has 0 saturated heterocycles. The molecule has 0 saturated carbocycles. The molecule has 0 atom stereocenters. The molecule has 4 heteroatoms. The topological polar surface area (TPSA) is 18.5 Å². The van der Waals surface area contributed by atoms with Crippen LogP contribution in [0.5, 0.6) is 0 Å². The van der Waals surface area contributed by atoms with Gasteiger partial charge in [0, 0.05) is 0 Å². The molecule has 0 N–H and O–H groups in total. The van der Waals surface area contributed by atoms with Crippen LogP contribution in [0.4, 0.5) is 0 Å². The van der Waals surface area contributed by atoms with Gasteiger partial charge in [-0.15, -0.1) is 0 Å². The van der Waals surface area contributed by atoms with Crippen molar-refractivity contribution in [1.29, 1.82) is 0 Å². The third-order valence-corrected chi connectivity index (χ3v) is 7.37. The predicted molar refractivity (Wildman–Crippen MR) is 99.9 cm³/mol. The predicted octanol–water partition coefficient (Wildman–Crippen LogP) is 5.61. The van der Waals surface area contributed by atoms with Crippen molar-refractivity contribution in [2.45, 2.75) is 66.0 Å². The monoisotopic (exact) mass is 328 g/mol. The second kappa shape index (κ2) is 7.68. The van der Waals surface area contributed by atoms with Gasteiger partial charge >= 0.3 is 0 Å². The molecule has 0 aromatic heterocycles. The van der Waals surface area contributed by atoms with Crippen LogP contribution in [0.25, 0.3) is 0 Å². The highest BCUT2D eigenvalue weighted by Gasteiger charge is 2.25. The van der Waals surface area contributed by atoms with E-state index >= 15 is 0 Å². The zero-order valence-corrected chi connectivity index (χ0v) is 17.9. The van der Waals surface area contributed by atoms with E-state index < -0.39 is 16.1 Å². The molecule has 0 aliphatic carbocycles. The van der Waals surface area contributed by atoms with Crippen LogP contribution in [0.1, 0.15) is 26.7 Å². The zero-order chi connectivity index (χ0) is 16.9. The Balaban J connectivity index is 4.93. The lowest BCUT2D eigenvalue weighted by Gasteiger charge is -2.26. The molecule has 0 rings (SSSR count). The zero-order valence-electron chi connectivity index (χ0n) is 15.9. The van der Waals surface area contributed by atoms with Gasteiger partial charge in [0.05, 0.1) is 25.0 Å². The normalized spacial score (nSPS) is 15.1. The molecule has 0 heterocycles. The maximum absolute atomic E-state index is 5.60. The van der Waals surface area contributed by atoms with Crippen LogP contribution >= 0.6 is 0 Å². The lowest BCUT2D eigenvalue weighted by molar-refractivity contribution is 0.299. The molecule has 0 bridgehead atoms. The molecule has 2 nitrogen and oxygen atoms in total. The van der Waals surface area contributed by atoms with Crippen molar-refractivity contribution in [2.75, 3.05) is 14.2 Å². The Morgan fingerprint density at radius 3 is 1.24 bits per heavy atom. The molecule has 0 unspecified atom stereocenters. The fourth-order valence-corrected chi connectivity index (χ4v) is 4.87. The van der Waals surface area contributed by atoms with E-state index in [0.29, 0.717) is 0 Å². The molecule has 0 spiro atoms. The summed E-state index contributed by atoms with van der Waals surface area (Å²) in [6.45, 7) is 18.6. The third kappa shape index (κ3) is 7.91. The van der Waals surface area contributed by atoms with Crippen molar-refractivity contribution in [3.8, 4) is 0 Å². The Hall–Kier alpha value is -0.486. The molecule has 0 fully saturated rings. The van der Waals surface area contributed by atoms with Gasteiger partial charge in [0.15, 0.2) is 0 Å². The maximum atomic E-state index is 5.60. The summed E-state index contributed by atoms with van der Waals surface area (Å²) in [6.07, 6.45) is 6.70. The fourth-order valence-electron chi connectivity index (χ4n) is 2.21. The average molecular weight is 329 g/mol. The molecule has 0 radical (unpaired) electrons. The van der Waals surface area contributed by atoms with Crippen LogP contribution in [0.2, 0.25) is 39.3 Å². The number of hydrogen-bond donors (Lipinski definition) is 0. The van der Waals surface area contributed by atoms with Gasteiger partial charge in [-0.2, -0.15) is 0 Å². The first-order valence-corrected chi connectivity index (χ1v) is 14.8. The van der Waals surface area contributed by atoms with Gasteiger partial charge in [0.1, 0.15) is 16.1 Å². The Kier molecular flexibility index (Phi) is 7.50. The van der Waals surface area contributed by atoms with E-state index in [9.17, 15) is 0 Å². The average Bonchev–Trinajstić information content (AvgIpc) is 2.26. The molecule has 0 aliphatic heterocycles. The lowest BCUT2D eigenvalue weighted by atomic mass is 9.86. The SMILES string of the molecule is CO/C(=C/CC(C)(C)C/C=C(/OC)[Si](C)(C)C)[Si](C)(C)C.